The molecule has 0 saturated carbocycles. The van der Waals surface area contributed by atoms with Crippen LogP contribution in [0, 0.1) is 6.92 Å². The number of carboxylic acids is 1. The van der Waals surface area contributed by atoms with Crippen LogP contribution >= 0.6 is 0 Å². The van der Waals surface area contributed by atoms with E-state index in [0.29, 0.717) is 6.54 Å². The summed E-state index contributed by atoms with van der Waals surface area (Å²) >= 11 is 0. The number of hydrogen-bond donors (Lipinski definition) is 3. The van der Waals surface area contributed by atoms with E-state index in [2.05, 4.69) is 10.6 Å². The first-order chi connectivity index (χ1) is 8.09. The fraction of sp³-hybridized carbons (Fsp3) is 0.333. The van der Waals surface area contributed by atoms with Crippen molar-refractivity contribution >= 4 is 12.0 Å². The highest BCUT2D eigenvalue weighted by molar-refractivity contribution is 5.79. The normalized spacial score (nSPS) is 9.71. The van der Waals surface area contributed by atoms with Crippen molar-refractivity contribution in [2.45, 2.75) is 13.3 Å². The first-order valence-corrected chi connectivity index (χ1v) is 5.37. The SMILES string of the molecule is Cc1ccccc1CCNC(=O)NCC(=O)O. The lowest BCUT2D eigenvalue weighted by Gasteiger charge is -2.07. The first-order valence-electron chi connectivity index (χ1n) is 5.37. The monoisotopic (exact) mass is 236 g/mol. The molecule has 3 N–H and O–H groups in total. The summed E-state index contributed by atoms with van der Waals surface area (Å²) in [4.78, 5) is 21.3. The summed E-state index contributed by atoms with van der Waals surface area (Å²) in [6.45, 7) is 2.13. The van der Waals surface area contributed by atoms with Gasteiger partial charge in [0.1, 0.15) is 6.54 Å². The number of carbonyl (C=O) groups is 2. The summed E-state index contributed by atoms with van der Waals surface area (Å²) in [6, 6.07) is 7.48. The molecule has 0 atom stereocenters. The van der Waals surface area contributed by atoms with E-state index in [1.165, 1.54) is 11.1 Å². The van der Waals surface area contributed by atoms with Crippen LogP contribution in [0.25, 0.3) is 0 Å². The Morgan fingerprint density at radius 1 is 1.24 bits per heavy atom. The highest BCUT2D eigenvalue weighted by Gasteiger charge is 2.02. The van der Waals surface area contributed by atoms with Gasteiger partial charge < -0.3 is 15.7 Å². The van der Waals surface area contributed by atoms with Gasteiger partial charge in [-0.2, -0.15) is 0 Å². The number of urea groups is 1. The number of benzene rings is 1. The molecule has 0 fully saturated rings. The second kappa shape index (κ2) is 6.52. The van der Waals surface area contributed by atoms with Gasteiger partial charge in [-0.25, -0.2) is 4.79 Å². The van der Waals surface area contributed by atoms with Gasteiger partial charge in [0.25, 0.3) is 0 Å². The molecular formula is C12H16N2O3. The van der Waals surface area contributed by atoms with Crippen LogP contribution < -0.4 is 10.6 Å². The zero-order valence-corrected chi connectivity index (χ0v) is 9.69. The van der Waals surface area contributed by atoms with E-state index in [4.69, 9.17) is 5.11 Å². The van der Waals surface area contributed by atoms with E-state index < -0.39 is 12.0 Å². The van der Waals surface area contributed by atoms with Gasteiger partial charge in [0.15, 0.2) is 0 Å². The third-order valence-corrected chi connectivity index (χ3v) is 2.34. The molecule has 1 rings (SSSR count). The second-order valence-electron chi connectivity index (χ2n) is 3.68. The fourth-order valence-electron chi connectivity index (χ4n) is 1.42. The molecule has 0 aliphatic rings. The van der Waals surface area contributed by atoms with Crippen LogP contribution in [0.1, 0.15) is 11.1 Å². The molecule has 5 heteroatoms. The molecule has 1 aromatic rings. The number of carboxylic acid groups (broad SMARTS) is 1. The molecule has 17 heavy (non-hydrogen) atoms. The third-order valence-electron chi connectivity index (χ3n) is 2.34. The van der Waals surface area contributed by atoms with E-state index >= 15 is 0 Å². The van der Waals surface area contributed by atoms with E-state index in [1.54, 1.807) is 0 Å². The van der Waals surface area contributed by atoms with E-state index in [-0.39, 0.29) is 6.54 Å². The third kappa shape index (κ3) is 5.01. The smallest absolute Gasteiger partial charge is 0.323 e. The van der Waals surface area contributed by atoms with Crippen molar-refractivity contribution in [2.75, 3.05) is 13.1 Å². The average molecular weight is 236 g/mol. The van der Waals surface area contributed by atoms with Crippen molar-refractivity contribution in [3.63, 3.8) is 0 Å². The molecule has 0 heterocycles. The number of carbonyl (C=O) groups excluding carboxylic acids is 1. The molecule has 0 spiro atoms. The lowest BCUT2D eigenvalue weighted by molar-refractivity contribution is -0.135. The van der Waals surface area contributed by atoms with Crippen LogP contribution in [-0.2, 0) is 11.2 Å². The Bertz CT molecular complexity index is 404. The predicted octanol–water partition coefficient (Wildman–Crippen LogP) is 0.921. The Kier molecular flexibility index (Phi) is 5.00. The van der Waals surface area contributed by atoms with Gasteiger partial charge in [0, 0.05) is 6.54 Å². The van der Waals surface area contributed by atoms with Crippen LogP contribution in [0.3, 0.4) is 0 Å². The average Bonchev–Trinajstić information content (AvgIpc) is 2.29. The van der Waals surface area contributed by atoms with Crippen LogP contribution in [0.4, 0.5) is 4.79 Å². The number of amides is 2. The largest absolute Gasteiger partial charge is 0.480 e. The molecule has 0 aliphatic heterocycles. The van der Waals surface area contributed by atoms with Gasteiger partial charge in [0.2, 0.25) is 0 Å². The topological polar surface area (TPSA) is 78.4 Å². The maximum Gasteiger partial charge on any atom is 0.323 e. The molecule has 0 aromatic heterocycles. The molecule has 0 unspecified atom stereocenters. The van der Waals surface area contributed by atoms with Crippen molar-refractivity contribution < 1.29 is 14.7 Å². The van der Waals surface area contributed by atoms with E-state index in [0.717, 1.165) is 6.42 Å². The number of nitrogens with one attached hydrogen (secondary N) is 2. The quantitative estimate of drug-likeness (QED) is 0.711. The molecule has 5 nitrogen and oxygen atoms in total. The van der Waals surface area contributed by atoms with Gasteiger partial charge in [-0.05, 0) is 24.5 Å². The molecular weight excluding hydrogens is 220 g/mol. The summed E-state index contributed by atoms with van der Waals surface area (Å²) in [5.41, 5.74) is 2.35. The van der Waals surface area contributed by atoms with Gasteiger partial charge in [0.05, 0.1) is 0 Å². The Morgan fingerprint density at radius 3 is 2.59 bits per heavy atom. The van der Waals surface area contributed by atoms with Crippen molar-refractivity contribution in [3.8, 4) is 0 Å². The standard InChI is InChI=1S/C12H16N2O3/c1-9-4-2-3-5-10(9)6-7-13-12(17)14-8-11(15)16/h2-5H,6-8H2,1H3,(H,15,16)(H2,13,14,17). The minimum absolute atomic E-state index is 0.365. The fourth-order valence-corrected chi connectivity index (χ4v) is 1.42. The molecule has 0 radical (unpaired) electrons. The molecule has 2 amide bonds. The van der Waals surface area contributed by atoms with Gasteiger partial charge in [-0.1, -0.05) is 24.3 Å². The van der Waals surface area contributed by atoms with Gasteiger partial charge in [-0.3, -0.25) is 4.79 Å². The Hall–Kier alpha value is -2.04. The molecule has 92 valence electrons. The number of aliphatic carboxylic acids is 1. The summed E-state index contributed by atoms with van der Waals surface area (Å²) in [5.74, 6) is -1.06. The molecule has 0 saturated heterocycles. The Balaban J connectivity index is 2.26. The van der Waals surface area contributed by atoms with Crippen LogP contribution in [0.15, 0.2) is 24.3 Å². The van der Waals surface area contributed by atoms with Crippen LogP contribution in [-0.4, -0.2) is 30.2 Å². The first kappa shape index (κ1) is 13.0. The highest BCUT2D eigenvalue weighted by atomic mass is 16.4. The lowest BCUT2D eigenvalue weighted by atomic mass is 10.1. The van der Waals surface area contributed by atoms with Gasteiger partial charge >= 0.3 is 12.0 Å². The summed E-state index contributed by atoms with van der Waals surface area (Å²) < 4.78 is 0. The molecule has 1 aromatic carbocycles. The Morgan fingerprint density at radius 2 is 1.94 bits per heavy atom. The molecule has 0 bridgehead atoms. The predicted molar refractivity (Wildman–Crippen MR) is 63.9 cm³/mol. The van der Waals surface area contributed by atoms with Crippen molar-refractivity contribution in [2.24, 2.45) is 0 Å². The Labute approximate surface area is 99.8 Å². The highest BCUT2D eigenvalue weighted by Crippen LogP contribution is 2.06. The zero-order chi connectivity index (χ0) is 12.7. The van der Waals surface area contributed by atoms with Crippen LogP contribution in [0.5, 0.6) is 0 Å². The van der Waals surface area contributed by atoms with Crippen molar-refractivity contribution in [3.05, 3.63) is 35.4 Å². The summed E-state index contributed by atoms with van der Waals surface area (Å²) in [6.07, 6.45) is 0.729. The minimum Gasteiger partial charge on any atom is -0.480 e. The summed E-state index contributed by atoms with van der Waals surface area (Å²) in [5, 5.41) is 13.2. The van der Waals surface area contributed by atoms with E-state index in [9.17, 15) is 9.59 Å². The number of aryl methyl sites for hydroxylation is 1. The van der Waals surface area contributed by atoms with Crippen molar-refractivity contribution in [1.29, 1.82) is 0 Å². The van der Waals surface area contributed by atoms with E-state index in [1.807, 2.05) is 31.2 Å². The second-order valence-corrected chi connectivity index (χ2v) is 3.68. The maximum absolute atomic E-state index is 11.1. The van der Waals surface area contributed by atoms with Crippen molar-refractivity contribution in [1.82, 2.24) is 10.6 Å². The van der Waals surface area contributed by atoms with Gasteiger partial charge in [-0.15, -0.1) is 0 Å². The number of hydrogen-bond acceptors (Lipinski definition) is 2. The van der Waals surface area contributed by atoms with Crippen LogP contribution in [0.2, 0.25) is 0 Å². The minimum atomic E-state index is -1.06. The maximum atomic E-state index is 11.1. The zero-order valence-electron chi connectivity index (χ0n) is 9.69. The lowest BCUT2D eigenvalue weighted by Crippen LogP contribution is -2.39. The number of rotatable bonds is 5. The summed E-state index contributed by atoms with van der Waals surface area (Å²) in [7, 11) is 0. The molecule has 0 aliphatic carbocycles.